The average Bonchev–Trinajstić information content (AvgIpc) is 2.15. The van der Waals surface area contributed by atoms with Gasteiger partial charge in [-0.3, -0.25) is 0 Å². The summed E-state index contributed by atoms with van der Waals surface area (Å²) in [5.74, 6) is -11.5. The molecule has 0 aliphatic carbocycles. The van der Waals surface area contributed by atoms with Crippen LogP contribution < -0.4 is 5.73 Å². The van der Waals surface area contributed by atoms with E-state index in [9.17, 15) is 30.7 Å². The summed E-state index contributed by atoms with van der Waals surface area (Å²) >= 11 is 0. The highest BCUT2D eigenvalue weighted by Gasteiger charge is 2.73. The maximum atomic E-state index is 13.1. The Kier molecular flexibility index (Phi) is 3.02. The third-order valence-corrected chi connectivity index (χ3v) is 2.00. The molecule has 0 atom stereocenters. The molecule has 1 aromatic carbocycles. The van der Waals surface area contributed by atoms with Crippen LogP contribution in [0.2, 0.25) is 0 Å². The van der Waals surface area contributed by atoms with Gasteiger partial charge in [-0.2, -0.15) is 30.7 Å². The van der Waals surface area contributed by atoms with Gasteiger partial charge in [-0.1, -0.05) is 12.1 Å². The molecule has 96 valence electrons. The van der Waals surface area contributed by atoms with Gasteiger partial charge in [-0.15, -0.1) is 0 Å². The molecule has 0 bridgehead atoms. The molecule has 0 fully saturated rings. The second-order valence-corrected chi connectivity index (χ2v) is 3.27. The molecule has 8 heteroatoms. The molecule has 0 saturated heterocycles. The van der Waals surface area contributed by atoms with E-state index < -0.39 is 23.6 Å². The largest absolute Gasteiger partial charge is 0.460 e. The Hall–Kier alpha value is -1.47. The Labute approximate surface area is 91.0 Å². The lowest BCUT2D eigenvalue weighted by molar-refractivity contribution is -0.359. The first kappa shape index (κ1) is 13.6. The Morgan fingerprint density at radius 1 is 0.882 bits per heavy atom. The van der Waals surface area contributed by atoms with Gasteiger partial charge in [0.05, 0.1) is 0 Å². The van der Waals surface area contributed by atoms with Crippen LogP contribution in [-0.2, 0) is 5.92 Å². The van der Waals surface area contributed by atoms with Crippen molar-refractivity contribution in [2.24, 2.45) is 0 Å². The van der Waals surface area contributed by atoms with Gasteiger partial charge in [0.1, 0.15) is 0 Å². The minimum atomic E-state index is -6.35. The molecule has 0 radical (unpaired) electrons. The molecule has 17 heavy (non-hydrogen) atoms. The van der Waals surface area contributed by atoms with Gasteiger partial charge in [0.25, 0.3) is 0 Å². The molecule has 0 aliphatic heterocycles. The summed E-state index contributed by atoms with van der Waals surface area (Å²) in [5, 5.41) is 0. The highest BCUT2D eigenvalue weighted by molar-refractivity contribution is 5.42. The van der Waals surface area contributed by atoms with Crippen LogP contribution in [0.25, 0.3) is 0 Å². The molecule has 0 aliphatic rings. The number of anilines is 1. The highest BCUT2D eigenvalue weighted by Crippen LogP contribution is 2.51. The smallest absolute Gasteiger partial charge is 0.399 e. The lowest BCUT2D eigenvalue weighted by atomic mass is 10.0. The van der Waals surface area contributed by atoms with Crippen molar-refractivity contribution in [2.75, 3.05) is 5.73 Å². The number of hydrogen-bond acceptors (Lipinski definition) is 1. The zero-order valence-electron chi connectivity index (χ0n) is 8.03. The molecule has 0 spiro atoms. The second-order valence-electron chi connectivity index (χ2n) is 3.27. The molecule has 1 nitrogen and oxygen atoms in total. The summed E-state index contributed by atoms with van der Waals surface area (Å²) in [6.07, 6.45) is -6.35. The standard InChI is InChI=1S/C9H6F7N/c10-7(11,8(12,13)9(14,15)16)5-2-1-3-6(17)4-5/h1-4H,17H2. The van der Waals surface area contributed by atoms with E-state index in [0.29, 0.717) is 12.1 Å². The third kappa shape index (κ3) is 2.16. The summed E-state index contributed by atoms with van der Waals surface area (Å²) in [6.45, 7) is 0. The Bertz CT molecular complexity index is 410. The SMILES string of the molecule is Nc1cccc(C(F)(F)C(F)(F)C(F)(F)F)c1. The first-order chi connectivity index (χ1) is 7.50. The second kappa shape index (κ2) is 3.78. The maximum absolute atomic E-state index is 13.1. The monoisotopic (exact) mass is 261 g/mol. The number of nitrogen functional groups attached to an aromatic ring is 1. The molecule has 2 N–H and O–H groups in total. The fraction of sp³-hybridized carbons (Fsp3) is 0.333. The lowest BCUT2D eigenvalue weighted by Crippen LogP contribution is -2.50. The van der Waals surface area contributed by atoms with Crippen LogP contribution in [0, 0.1) is 0 Å². The predicted octanol–water partition coefficient (Wildman–Crippen LogP) is 3.56. The quantitative estimate of drug-likeness (QED) is 0.639. The van der Waals surface area contributed by atoms with Crippen molar-refractivity contribution >= 4 is 5.69 Å². The van der Waals surface area contributed by atoms with Gasteiger partial charge in [0.2, 0.25) is 0 Å². The van der Waals surface area contributed by atoms with Crippen molar-refractivity contribution < 1.29 is 30.7 Å². The van der Waals surface area contributed by atoms with E-state index in [2.05, 4.69) is 0 Å². The minimum absolute atomic E-state index is 0.333. The van der Waals surface area contributed by atoms with Crippen LogP contribution in [0.4, 0.5) is 36.4 Å². The maximum Gasteiger partial charge on any atom is 0.460 e. The van der Waals surface area contributed by atoms with E-state index in [1.807, 2.05) is 0 Å². The van der Waals surface area contributed by atoms with Gasteiger partial charge >= 0.3 is 18.0 Å². The first-order valence-electron chi connectivity index (χ1n) is 4.18. The van der Waals surface area contributed by atoms with Crippen LogP contribution in [0.5, 0.6) is 0 Å². The predicted molar refractivity (Wildman–Crippen MR) is 45.8 cm³/mol. The van der Waals surface area contributed by atoms with Crippen molar-refractivity contribution in [1.29, 1.82) is 0 Å². The number of benzene rings is 1. The van der Waals surface area contributed by atoms with Crippen molar-refractivity contribution in [2.45, 2.75) is 18.0 Å². The average molecular weight is 261 g/mol. The Morgan fingerprint density at radius 3 is 1.82 bits per heavy atom. The van der Waals surface area contributed by atoms with E-state index in [1.165, 1.54) is 0 Å². The van der Waals surface area contributed by atoms with Crippen molar-refractivity contribution in [3.63, 3.8) is 0 Å². The molecule has 0 aromatic heterocycles. The molecule has 0 unspecified atom stereocenters. The van der Waals surface area contributed by atoms with E-state index >= 15 is 0 Å². The minimum Gasteiger partial charge on any atom is -0.399 e. The number of rotatable bonds is 2. The number of alkyl halides is 7. The van der Waals surface area contributed by atoms with Crippen molar-refractivity contribution in [3.8, 4) is 0 Å². The van der Waals surface area contributed by atoms with Gasteiger partial charge in [-0.05, 0) is 12.1 Å². The lowest BCUT2D eigenvalue weighted by Gasteiger charge is -2.28. The zero-order valence-corrected chi connectivity index (χ0v) is 8.03. The number of hydrogen-bond donors (Lipinski definition) is 1. The van der Waals surface area contributed by atoms with Gasteiger partial charge in [0.15, 0.2) is 0 Å². The summed E-state index contributed by atoms with van der Waals surface area (Å²) in [7, 11) is 0. The van der Waals surface area contributed by atoms with Gasteiger partial charge < -0.3 is 5.73 Å². The van der Waals surface area contributed by atoms with E-state index in [1.54, 1.807) is 0 Å². The number of nitrogens with two attached hydrogens (primary N) is 1. The van der Waals surface area contributed by atoms with Gasteiger partial charge in [0, 0.05) is 11.3 Å². The topological polar surface area (TPSA) is 26.0 Å². The molecular formula is C9H6F7N. The summed E-state index contributed by atoms with van der Waals surface area (Å²) in [6, 6.07) is 2.78. The Morgan fingerprint density at radius 2 is 1.41 bits per heavy atom. The molecular weight excluding hydrogens is 255 g/mol. The molecule has 0 heterocycles. The molecule has 1 aromatic rings. The van der Waals surface area contributed by atoms with Crippen molar-refractivity contribution in [1.82, 2.24) is 0 Å². The van der Waals surface area contributed by atoms with Crippen LogP contribution in [0.1, 0.15) is 5.56 Å². The first-order valence-corrected chi connectivity index (χ1v) is 4.18. The third-order valence-electron chi connectivity index (χ3n) is 2.00. The van der Waals surface area contributed by atoms with Gasteiger partial charge in [-0.25, -0.2) is 0 Å². The highest BCUT2D eigenvalue weighted by atomic mass is 19.4. The summed E-state index contributed by atoms with van der Waals surface area (Å²) in [5.41, 5.74) is 3.23. The number of halogens is 7. The fourth-order valence-corrected chi connectivity index (χ4v) is 1.09. The summed E-state index contributed by atoms with van der Waals surface area (Å²) in [4.78, 5) is 0. The normalized spacial score (nSPS) is 13.8. The van der Waals surface area contributed by atoms with E-state index in [0.717, 1.165) is 12.1 Å². The molecule has 0 saturated carbocycles. The van der Waals surface area contributed by atoms with Crippen molar-refractivity contribution in [3.05, 3.63) is 29.8 Å². The zero-order chi connectivity index (χ0) is 13.5. The van der Waals surface area contributed by atoms with Crippen LogP contribution in [0.3, 0.4) is 0 Å². The molecule has 1 rings (SSSR count). The molecule has 0 amide bonds. The van der Waals surface area contributed by atoms with Crippen LogP contribution in [-0.4, -0.2) is 12.1 Å². The van der Waals surface area contributed by atoms with E-state index in [4.69, 9.17) is 5.73 Å². The fourth-order valence-electron chi connectivity index (χ4n) is 1.09. The summed E-state index contributed by atoms with van der Waals surface area (Å²) < 4.78 is 87.0. The van der Waals surface area contributed by atoms with E-state index in [-0.39, 0.29) is 5.69 Å². The van der Waals surface area contributed by atoms with Crippen LogP contribution >= 0.6 is 0 Å². The van der Waals surface area contributed by atoms with Crippen LogP contribution in [0.15, 0.2) is 24.3 Å². The Balaban J connectivity index is 3.28.